The minimum atomic E-state index is 0.630. The molecule has 0 aliphatic rings. The van der Waals surface area contributed by atoms with Gasteiger partial charge in [0, 0.05) is 12.6 Å². The molecule has 0 unspecified atom stereocenters. The van der Waals surface area contributed by atoms with Crippen molar-refractivity contribution < 1.29 is 4.74 Å². The van der Waals surface area contributed by atoms with E-state index in [2.05, 4.69) is 27.1 Å². The molecule has 0 amide bonds. The molecule has 0 aliphatic carbocycles. The van der Waals surface area contributed by atoms with Crippen LogP contribution in [0, 0.1) is 0 Å². The lowest BCUT2D eigenvalue weighted by Crippen LogP contribution is -2.00. The number of ether oxygens (including phenoxy) is 1. The molecule has 0 bridgehead atoms. The number of methoxy groups -OCH3 is 1. The van der Waals surface area contributed by atoms with E-state index in [0.29, 0.717) is 5.88 Å². The topological polar surface area (TPSA) is 34.1 Å². The summed E-state index contributed by atoms with van der Waals surface area (Å²) in [4.78, 5) is 4.26. The van der Waals surface area contributed by atoms with Crippen LogP contribution in [0.1, 0.15) is 5.56 Å². The summed E-state index contributed by atoms with van der Waals surface area (Å²) < 4.78 is 5.04. The van der Waals surface area contributed by atoms with Crippen molar-refractivity contribution in [2.24, 2.45) is 0 Å². The quantitative estimate of drug-likeness (QED) is 0.860. The maximum Gasteiger partial charge on any atom is 0.214 e. The lowest BCUT2D eigenvalue weighted by Gasteiger charge is -2.05. The van der Waals surface area contributed by atoms with Gasteiger partial charge >= 0.3 is 0 Å². The molecule has 0 atom stereocenters. The second-order valence-electron chi connectivity index (χ2n) is 3.05. The molecule has 4 heteroatoms. The van der Waals surface area contributed by atoms with Crippen molar-refractivity contribution in [3.8, 4) is 5.88 Å². The van der Waals surface area contributed by atoms with Crippen molar-refractivity contribution in [1.29, 1.82) is 0 Å². The van der Waals surface area contributed by atoms with Gasteiger partial charge in [-0.25, -0.2) is 0 Å². The summed E-state index contributed by atoms with van der Waals surface area (Å²) in [7, 11) is 1.62. The number of nitrogens with zero attached hydrogens (tertiary/aromatic N) is 1. The van der Waals surface area contributed by atoms with Crippen molar-refractivity contribution in [2.45, 2.75) is 6.54 Å². The Balaban J connectivity index is 1.98. The first-order valence-electron chi connectivity index (χ1n) is 4.64. The molecule has 0 saturated heterocycles. The Labute approximate surface area is 92.7 Å². The Bertz CT molecular complexity index is 414. The van der Waals surface area contributed by atoms with E-state index in [1.165, 1.54) is 5.56 Å². The predicted molar refractivity (Wildman–Crippen MR) is 62.4 cm³/mol. The number of aromatic nitrogens is 1. The van der Waals surface area contributed by atoms with Crippen LogP contribution in [0.3, 0.4) is 0 Å². The number of nitrogens with one attached hydrogen (secondary N) is 1. The Morgan fingerprint density at radius 3 is 3.07 bits per heavy atom. The fraction of sp³-hybridized carbons (Fsp3) is 0.182. The van der Waals surface area contributed by atoms with Crippen LogP contribution in [0.2, 0.25) is 0 Å². The Kier molecular flexibility index (Phi) is 3.19. The van der Waals surface area contributed by atoms with Gasteiger partial charge in [0.25, 0.3) is 0 Å². The third-order valence-corrected chi connectivity index (χ3v) is 2.72. The summed E-state index contributed by atoms with van der Waals surface area (Å²) in [5, 5.41) is 7.42. The lowest BCUT2D eigenvalue weighted by atomic mass is 10.3. The normalized spacial score (nSPS) is 9.93. The van der Waals surface area contributed by atoms with Crippen LogP contribution in [0.15, 0.2) is 35.0 Å². The van der Waals surface area contributed by atoms with E-state index in [1.54, 1.807) is 18.4 Å². The van der Waals surface area contributed by atoms with E-state index < -0.39 is 0 Å². The van der Waals surface area contributed by atoms with Crippen LogP contribution < -0.4 is 10.1 Å². The Hall–Kier alpha value is -1.55. The van der Waals surface area contributed by atoms with E-state index in [0.717, 1.165) is 12.4 Å². The summed E-state index contributed by atoms with van der Waals surface area (Å²) in [6, 6.07) is 7.77. The van der Waals surface area contributed by atoms with E-state index in [-0.39, 0.29) is 0 Å². The largest absolute Gasteiger partial charge is 0.481 e. The van der Waals surface area contributed by atoms with Crippen LogP contribution in [-0.2, 0) is 6.54 Å². The molecule has 3 nitrogen and oxygen atoms in total. The standard InChI is InChI=1S/C11H12N2OS/c1-14-11-4-2-3-10(13-11)12-7-9-5-6-15-8-9/h2-6,8H,7H2,1H3,(H,12,13). The molecule has 0 fully saturated rings. The fourth-order valence-electron chi connectivity index (χ4n) is 1.21. The predicted octanol–water partition coefficient (Wildman–Crippen LogP) is 2.76. The van der Waals surface area contributed by atoms with E-state index in [4.69, 9.17) is 4.74 Å². The second-order valence-corrected chi connectivity index (χ2v) is 3.83. The minimum absolute atomic E-state index is 0.630. The Morgan fingerprint density at radius 2 is 2.33 bits per heavy atom. The average molecular weight is 220 g/mol. The molecule has 2 aromatic rings. The van der Waals surface area contributed by atoms with E-state index >= 15 is 0 Å². The number of anilines is 1. The number of pyridine rings is 1. The first-order chi connectivity index (χ1) is 7.38. The molecular weight excluding hydrogens is 208 g/mol. The first-order valence-corrected chi connectivity index (χ1v) is 5.59. The second kappa shape index (κ2) is 4.79. The van der Waals surface area contributed by atoms with Crippen molar-refractivity contribution in [2.75, 3.05) is 12.4 Å². The van der Waals surface area contributed by atoms with E-state index in [1.807, 2.05) is 18.2 Å². The van der Waals surface area contributed by atoms with Crippen molar-refractivity contribution >= 4 is 17.2 Å². The molecule has 78 valence electrons. The lowest BCUT2D eigenvalue weighted by molar-refractivity contribution is 0.398. The van der Waals surface area contributed by atoms with Crippen LogP contribution in [0.4, 0.5) is 5.82 Å². The van der Waals surface area contributed by atoms with Gasteiger partial charge < -0.3 is 10.1 Å². The van der Waals surface area contributed by atoms with Crippen LogP contribution >= 0.6 is 11.3 Å². The van der Waals surface area contributed by atoms with Crippen LogP contribution in [0.25, 0.3) is 0 Å². The molecular formula is C11H12N2OS. The molecule has 0 aromatic carbocycles. The number of hydrogen-bond acceptors (Lipinski definition) is 4. The van der Waals surface area contributed by atoms with Crippen molar-refractivity contribution in [3.05, 3.63) is 40.6 Å². The summed E-state index contributed by atoms with van der Waals surface area (Å²) in [6.45, 7) is 0.795. The van der Waals surface area contributed by atoms with Gasteiger partial charge in [-0.15, -0.1) is 0 Å². The zero-order valence-corrected chi connectivity index (χ0v) is 9.25. The van der Waals surface area contributed by atoms with Gasteiger partial charge in [-0.1, -0.05) is 6.07 Å². The summed E-state index contributed by atoms with van der Waals surface area (Å²) >= 11 is 1.70. The van der Waals surface area contributed by atoms with Crippen molar-refractivity contribution in [3.63, 3.8) is 0 Å². The zero-order valence-electron chi connectivity index (χ0n) is 8.43. The smallest absolute Gasteiger partial charge is 0.214 e. The summed E-state index contributed by atoms with van der Waals surface area (Å²) in [5.74, 6) is 1.46. The summed E-state index contributed by atoms with van der Waals surface area (Å²) in [6.07, 6.45) is 0. The van der Waals surface area contributed by atoms with Crippen LogP contribution in [0.5, 0.6) is 5.88 Å². The molecule has 15 heavy (non-hydrogen) atoms. The molecule has 0 aliphatic heterocycles. The maximum absolute atomic E-state index is 5.04. The van der Waals surface area contributed by atoms with Gasteiger partial charge in [0.05, 0.1) is 7.11 Å². The van der Waals surface area contributed by atoms with E-state index in [9.17, 15) is 0 Å². The van der Waals surface area contributed by atoms with Crippen molar-refractivity contribution in [1.82, 2.24) is 4.98 Å². The molecule has 0 spiro atoms. The third-order valence-electron chi connectivity index (χ3n) is 1.99. The molecule has 0 radical (unpaired) electrons. The maximum atomic E-state index is 5.04. The number of rotatable bonds is 4. The highest BCUT2D eigenvalue weighted by Gasteiger charge is 1.97. The molecule has 1 N–H and O–H groups in total. The first kappa shape index (κ1) is 9.98. The monoisotopic (exact) mass is 220 g/mol. The van der Waals surface area contributed by atoms with Gasteiger partial charge in [0.2, 0.25) is 5.88 Å². The highest BCUT2D eigenvalue weighted by molar-refractivity contribution is 7.07. The minimum Gasteiger partial charge on any atom is -0.481 e. The van der Waals surface area contributed by atoms with Gasteiger partial charge in [-0.05, 0) is 28.5 Å². The molecule has 2 aromatic heterocycles. The molecule has 2 rings (SSSR count). The van der Waals surface area contributed by atoms with Gasteiger partial charge in [-0.3, -0.25) is 0 Å². The highest BCUT2D eigenvalue weighted by atomic mass is 32.1. The molecule has 2 heterocycles. The van der Waals surface area contributed by atoms with Gasteiger partial charge in [0.1, 0.15) is 5.82 Å². The Morgan fingerprint density at radius 1 is 1.40 bits per heavy atom. The fourth-order valence-corrected chi connectivity index (χ4v) is 1.88. The van der Waals surface area contributed by atoms with Crippen LogP contribution in [-0.4, -0.2) is 12.1 Å². The highest BCUT2D eigenvalue weighted by Crippen LogP contribution is 2.12. The zero-order chi connectivity index (χ0) is 10.5. The average Bonchev–Trinajstić information content (AvgIpc) is 2.79. The molecule has 0 saturated carbocycles. The summed E-state index contributed by atoms with van der Waals surface area (Å²) in [5.41, 5.74) is 1.27. The SMILES string of the molecule is COc1cccc(NCc2ccsc2)n1. The third kappa shape index (κ3) is 2.70. The van der Waals surface area contributed by atoms with Gasteiger partial charge in [0.15, 0.2) is 0 Å². The number of hydrogen-bond donors (Lipinski definition) is 1. The number of thiophene rings is 1. The van der Waals surface area contributed by atoms with Gasteiger partial charge in [-0.2, -0.15) is 16.3 Å².